The molecule has 0 fully saturated rings. The molecule has 0 radical (unpaired) electrons. The van der Waals surface area contributed by atoms with Gasteiger partial charge in [-0.25, -0.2) is 12.8 Å². The van der Waals surface area contributed by atoms with E-state index in [1.54, 1.807) is 25.1 Å². The number of rotatable bonds is 14. The van der Waals surface area contributed by atoms with Crippen molar-refractivity contribution >= 4 is 50.7 Å². The molecule has 2 atom stereocenters. The van der Waals surface area contributed by atoms with Gasteiger partial charge in [0.05, 0.1) is 27.2 Å². The molecular weight excluding hydrogens is 616 g/mol. The van der Waals surface area contributed by atoms with E-state index in [2.05, 4.69) is 5.32 Å². The van der Waals surface area contributed by atoms with E-state index in [0.29, 0.717) is 29.4 Å². The molecule has 3 rings (SSSR count). The number of nitrogens with zero attached hydrogens (tertiary/aromatic N) is 2. The van der Waals surface area contributed by atoms with Crippen LogP contribution in [0, 0.1) is 5.82 Å². The van der Waals surface area contributed by atoms with Gasteiger partial charge in [-0.05, 0) is 92.9 Å². The number of hydrogen-bond donors (Lipinski definition) is 1. The Balaban J connectivity index is 2.06. The molecule has 232 valence electrons. The van der Waals surface area contributed by atoms with Gasteiger partial charge >= 0.3 is 0 Å². The van der Waals surface area contributed by atoms with Crippen molar-refractivity contribution in [1.82, 2.24) is 10.2 Å². The minimum absolute atomic E-state index is 0.0392. The minimum Gasteiger partial charge on any atom is -0.494 e. The van der Waals surface area contributed by atoms with E-state index in [-0.39, 0.29) is 40.5 Å². The summed E-state index contributed by atoms with van der Waals surface area (Å²) in [5.41, 5.74) is 0.676. The van der Waals surface area contributed by atoms with Crippen LogP contribution in [-0.4, -0.2) is 50.4 Å². The molecule has 8 nitrogen and oxygen atoms in total. The first-order valence-electron chi connectivity index (χ1n) is 14.0. The fraction of sp³-hybridized carbons (Fsp3) is 0.355. The van der Waals surface area contributed by atoms with Crippen LogP contribution in [0.5, 0.6) is 5.75 Å². The molecule has 3 aromatic carbocycles. The highest BCUT2D eigenvalue weighted by Gasteiger charge is 2.34. The average Bonchev–Trinajstić information content (AvgIpc) is 2.98. The number of carbonyl (C=O) groups excluding carboxylic acids is 2. The topological polar surface area (TPSA) is 96.0 Å². The van der Waals surface area contributed by atoms with Crippen molar-refractivity contribution < 1.29 is 27.1 Å². The summed E-state index contributed by atoms with van der Waals surface area (Å²) in [6, 6.07) is 14.4. The Hall–Kier alpha value is -3.34. The molecule has 0 unspecified atom stereocenters. The number of hydrogen-bond acceptors (Lipinski definition) is 5. The number of amides is 2. The smallest absolute Gasteiger partial charge is 0.264 e. The van der Waals surface area contributed by atoms with Crippen LogP contribution in [0.3, 0.4) is 0 Å². The highest BCUT2D eigenvalue weighted by Crippen LogP contribution is 2.28. The lowest BCUT2D eigenvalue weighted by Crippen LogP contribution is -2.53. The quantitative estimate of drug-likeness (QED) is 0.216. The highest BCUT2D eigenvalue weighted by molar-refractivity contribution is 7.92. The lowest BCUT2D eigenvalue weighted by Gasteiger charge is -2.33. The van der Waals surface area contributed by atoms with Gasteiger partial charge in [0.1, 0.15) is 24.2 Å². The molecule has 0 aromatic heterocycles. The van der Waals surface area contributed by atoms with E-state index >= 15 is 0 Å². The number of halogens is 3. The van der Waals surface area contributed by atoms with Crippen molar-refractivity contribution in [2.24, 2.45) is 0 Å². The van der Waals surface area contributed by atoms with Crippen molar-refractivity contribution in [2.75, 3.05) is 17.5 Å². The third-order valence-corrected chi connectivity index (χ3v) is 9.37. The van der Waals surface area contributed by atoms with E-state index in [1.165, 1.54) is 41.3 Å². The Morgan fingerprint density at radius 2 is 1.58 bits per heavy atom. The zero-order chi connectivity index (χ0) is 31.7. The van der Waals surface area contributed by atoms with E-state index in [9.17, 15) is 22.4 Å². The van der Waals surface area contributed by atoms with Crippen LogP contribution in [0.4, 0.5) is 10.1 Å². The summed E-state index contributed by atoms with van der Waals surface area (Å²) in [4.78, 5) is 28.7. The number of nitrogens with one attached hydrogen (secondary N) is 1. The van der Waals surface area contributed by atoms with Crippen LogP contribution in [0.25, 0.3) is 0 Å². The molecule has 0 aliphatic rings. The molecule has 12 heteroatoms. The van der Waals surface area contributed by atoms with Crippen molar-refractivity contribution in [3.8, 4) is 5.75 Å². The Kier molecular flexibility index (Phi) is 12.2. The van der Waals surface area contributed by atoms with Gasteiger partial charge < -0.3 is 15.0 Å². The number of sulfonamides is 1. The van der Waals surface area contributed by atoms with Crippen molar-refractivity contribution in [3.05, 3.63) is 88.2 Å². The third-order valence-electron chi connectivity index (χ3n) is 6.84. The predicted octanol–water partition coefficient (Wildman–Crippen LogP) is 6.45. The largest absolute Gasteiger partial charge is 0.494 e. The van der Waals surface area contributed by atoms with Gasteiger partial charge in [0.2, 0.25) is 11.8 Å². The second kappa shape index (κ2) is 15.4. The molecule has 0 heterocycles. The normalized spacial score (nSPS) is 12.7. The second-order valence-electron chi connectivity index (χ2n) is 9.90. The molecule has 0 aliphatic heterocycles. The summed E-state index contributed by atoms with van der Waals surface area (Å²) in [5.74, 6) is -1.09. The monoisotopic (exact) mass is 651 g/mol. The van der Waals surface area contributed by atoms with Crippen LogP contribution in [0.15, 0.2) is 71.6 Å². The number of benzene rings is 3. The Labute approximate surface area is 262 Å². The van der Waals surface area contributed by atoms with Crippen molar-refractivity contribution in [3.63, 3.8) is 0 Å². The van der Waals surface area contributed by atoms with Crippen LogP contribution < -0.4 is 14.4 Å². The minimum atomic E-state index is -4.32. The lowest BCUT2D eigenvalue weighted by atomic mass is 10.1. The molecule has 0 bridgehead atoms. The molecule has 2 amide bonds. The molecule has 0 saturated heterocycles. The molecule has 1 N–H and O–H groups in total. The van der Waals surface area contributed by atoms with Gasteiger partial charge in [0, 0.05) is 12.6 Å². The summed E-state index contributed by atoms with van der Waals surface area (Å²) in [7, 11) is -4.32. The van der Waals surface area contributed by atoms with E-state index < -0.39 is 34.3 Å². The summed E-state index contributed by atoms with van der Waals surface area (Å²) in [6.07, 6.45) is 0.944. The molecule has 0 aliphatic carbocycles. The third kappa shape index (κ3) is 8.84. The summed E-state index contributed by atoms with van der Waals surface area (Å²) in [5, 5.41) is 3.52. The van der Waals surface area contributed by atoms with E-state index in [4.69, 9.17) is 27.9 Å². The molecule has 3 aromatic rings. The number of ether oxygens (including phenoxy) is 1. The Bertz CT molecular complexity index is 1500. The second-order valence-corrected chi connectivity index (χ2v) is 12.6. The zero-order valence-electron chi connectivity index (χ0n) is 24.5. The summed E-state index contributed by atoms with van der Waals surface area (Å²) in [6.45, 7) is 7.07. The Morgan fingerprint density at radius 3 is 2.14 bits per heavy atom. The molecular formula is C31H36Cl2FN3O5S. The zero-order valence-corrected chi connectivity index (χ0v) is 26.8. The van der Waals surface area contributed by atoms with Gasteiger partial charge in [0.15, 0.2) is 0 Å². The van der Waals surface area contributed by atoms with Gasteiger partial charge in [0.25, 0.3) is 10.0 Å². The van der Waals surface area contributed by atoms with Crippen LogP contribution in [-0.2, 0) is 26.2 Å². The van der Waals surface area contributed by atoms with Gasteiger partial charge in [-0.15, -0.1) is 0 Å². The maximum absolute atomic E-state index is 14.1. The van der Waals surface area contributed by atoms with E-state index in [0.717, 1.165) is 16.4 Å². The fourth-order valence-corrected chi connectivity index (χ4v) is 6.07. The highest BCUT2D eigenvalue weighted by atomic mass is 35.5. The van der Waals surface area contributed by atoms with Gasteiger partial charge in [-0.2, -0.15) is 0 Å². The fourth-order valence-electron chi connectivity index (χ4n) is 4.33. The first kappa shape index (κ1) is 34.2. The molecule has 0 spiro atoms. The maximum atomic E-state index is 14.1. The first-order valence-corrected chi connectivity index (χ1v) is 16.2. The maximum Gasteiger partial charge on any atom is 0.264 e. The standard InChI is InChI=1S/C31H36Cl2FN3O5S/c1-5-21(4)35-31(39)29(6-2)36(19-22-8-17-27(32)28(33)18-22)30(38)20-37(24-11-9-23(34)10-12-24)43(40,41)26-15-13-25(14-16-26)42-7-3/h8-18,21,29H,5-7,19-20H2,1-4H3,(H,35,39)/t21-,29-/m1/s1. The van der Waals surface area contributed by atoms with Crippen LogP contribution in [0.1, 0.15) is 46.1 Å². The van der Waals surface area contributed by atoms with Crippen LogP contribution >= 0.6 is 23.2 Å². The summed E-state index contributed by atoms with van der Waals surface area (Å²) < 4.78 is 48.1. The van der Waals surface area contributed by atoms with Gasteiger partial charge in [-0.1, -0.05) is 43.1 Å². The summed E-state index contributed by atoms with van der Waals surface area (Å²) >= 11 is 12.3. The van der Waals surface area contributed by atoms with Crippen molar-refractivity contribution in [1.29, 1.82) is 0 Å². The predicted molar refractivity (Wildman–Crippen MR) is 168 cm³/mol. The SMILES string of the molecule is CCOc1ccc(S(=O)(=O)N(CC(=O)N(Cc2ccc(Cl)c(Cl)c2)[C@H](CC)C(=O)N[C@H](C)CC)c2ccc(F)cc2)cc1. The average molecular weight is 653 g/mol. The molecule has 43 heavy (non-hydrogen) atoms. The van der Waals surface area contributed by atoms with Gasteiger partial charge in [-0.3, -0.25) is 13.9 Å². The van der Waals surface area contributed by atoms with Crippen LogP contribution in [0.2, 0.25) is 10.0 Å². The molecule has 0 saturated carbocycles. The first-order chi connectivity index (χ1) is 20.4. The van der Waals surface area contributed by atoms with Crippen molar-refractivity contribution in [2.45, 2.75) is 64.1 Å². The lowest BCUT2D eigenvalue weighted by molar-refractivity contribution is -0.140. The Morgan fingerprint density at radius 1 is 0.930 bits per heavy atom. The number of anilines is 1. The van der Waals surface area contributed by atoms with E-state index in [1.807, 2.05) is 20.8 Å². The number of carbonyl (C=O) groups is 2.